The van der Waals surface area contributed by atoms with E-state index in [4.69, 9.17) is 9.15 Å². The molecule has 2 aromatic heterocycles. The molecule has 0 bridgehead atoms. The average Bonchev–Trinajstić information content (AvgIpc) is 3.07. The van der Waals surface area contributed by atoms with E-state index < -0.39 is 0 Å². The maximum Gasteiger partial charge on any atom is 0.0947 e. The average molecular weight is 341 g/mol. The van der Waals surface area contributed by atoms with E-state index in [1.165, 1.54) is 24.0 Å². The molecule has 0 amide bonds. The van der Waals surface area contributed by atoms with E-state index in [9.17, 15) is 0 Å². The first kappa shape index (κ1) is 16.8. The molecule has 0 saturated carbocycles. The summed E-state index contributed by atoms with van der Waals surface area (Å²) in [6, 6.07) is 6.25. The molecule has 0 N–H and O–H groups in total. The van der Waals surface area contributed by atoms with Crippen molar-refractivity contribution < 1.29 is 9.15 Å². The van der Waals surface area contributed by atoms with E-state index in [-0.39, 0.29) is 0 Å². The van der Waals surface area contributed by atoms with Crippen molar-refractivity contribution in [2.24, 2.45) is 5.41 Å². The summed E-state index contributed by atoms with van der Waals surface area (Å²) in [4.78, 5) is 9.34. The summed E-state index contributed by atoms with van der Waals surface area (Å²) in [5.41, 5.74) is 2.86. The van der Waals surface area contributed by atoms with Crippen LogP contribution < -0.4 is 0 Å². The molecule has 134 valence electrons. The van der Waals surface area contributed by atoms with Crippen molar-refractivity contribution in [3.63, 3.8) is 0 Å². The Labute approximate surface area is 149 Å². The number of hydrogen-bond acceptors (Lipinski definition) is 5. The second-order valence-electron chi connectivity index (χ2n) is 7.53. The Kier molecular flexibility index (Phi) is 5.15. The molecular formula is C20H27N3O2. The number of furan rings is 1. The molecule has 1 spiro atoms. The smallest absolute Gasteiger partial charge is 0.0947 e. The summed E-state index contributed by atoms with van der Waals surface area (Å²) < 4.78 is 11.2. The largest absolute Gasteiger partial charge is 0.472 e. The van der Waals surface area contributed by atoms with Crippen molar-refractivity contribution in [2.75, 3.05) is 39.4 Å². The second kappa shape index (κ2) is 7.68. The van der Waals surface area contributed by atoms with Crippen LogP contribution in [0.15, 0.2) is 47.5 Å². The van der Waals surface area contributed by atoms with E-state index in [0.717, 1.165) is 52.5 Å². The third kappa shape index (κ3) is 4.29. The first-order valence-electron chi connectivity index (χ1n) is 9.24. The van der Waals surface area contributed by atoms with Gasteiger partial charge in [0.15, 0.2) is 0 Å². The molecule has 2 aliphatic heterocycles. The van der Waals surface area contributed by atoms with Crippen LogP contribution in [-0.4, -0.2) is 54.2 Å². The van der Waals surface area contributed by atoms with Crippen LogP contribution in [0.4, 0.5) is 0 Å². The van der Waals surface area contributed by atoms with Gasteiger partial charge in [-0.2, -0.15) is 0 Å². The minimum absolute atomic E-state index is 0.297. The third-order valence-electron chi connectivity index (χ3n) is 5.55. The molecule has 4 rings (SSSR count). The summed E-state index contributed by atoms with van der Waals surface area (Å²) in [5.74, 6) is 0. The molecule has 0 aliphatic carbocycles. The Morgan fingerprint density at radius 1 is 1.04 bits per heavy atom. The fourth-order valence-electron chi connectivity index (χ4n) is 4.09. The minimum atomic E-state index is 0.297. The van der Waals surface area contributed by atoms with Gasteiger partial charge in [0, 0.05) is 49.6 Å². The Hall–Kier alpha value is -1.69. The molecule has 4 heterocycles. The van der Waals surface area contributed by atoms with Gasteiger partial charge >= 0.3 is 0 Å². The molecule has 2 aromatic rings. The van der Waals surface area contributed by atoms with Gasteiger partial charge in [0.25, 0.3) is 0 Å². The van der Waals surface area contributed by atoms with Gasteiger partial charge < -0.3 is 9.15 Å². The van der Waals surface area contributed by atoms with E-state index in [0.29, 0.717) is 5.41 Å². The van der Waals surface area contributed by atoms with Gasteiger partial charge in [0.2, 0.25) is 0 Å². The summed E-state index contributed by atoms with van der Waals surface area (Å²) in [6.45, 7) is 8.10. The lowest BCUT2D eigenvalue weighted by Gasteiger charge is -2.42. The maximum absolute atomic E-state index is 6.01. The van der Waals surface area contributed by atoms with Crippen molar-refractivity contribution in [3.05, 3.63) is 54.2 Å². The summed E-state index contributed by atoms with van der Waals surface area (Å²) >= 11 is 0. The molecule has 2 fully saturated rings. The highest BCUT2D eigenvalue weighted by molar-refractivity contribution is 5.09. The molecular weight excluding hydrogens is 314 g/mol. The standard InChI is InChI=1S/C20H27N3O2/c1-2-18(12-21-6-1)13-23-9-11-25-17-20(16-23)4-7-22(8-5-20)14-19-3-10-24-15-19/h1-3,6,10,12,15H,4-5,7-9,11,13-14,16-17H2. The highest BCUT2D eigenvalue weighted by Gasteiger charge is 2.38. The lowest BCUT2D eigenvalue weighted by atomic mass is 9.78. The van der Waals surface area contributed by atoms with Crippen molar-refractivity contribution in [1.82, 2.24) is 14.8 Å². The molecule has 0 aromatic carbocycles. The summed E-state index contributed by atoms with van der Waals surface area (Å²) in [7, 11) is 0. The second-order valence-corrected chi connectivity index (χ2v) is 7.53. The predicted octanol–water partition coefficient (Wildman–Crippen LogP) is 2.79. The van der Waals surface area contributed by atoms with Crippen LogP contribution in [-0.2, 0) is 17.8 Å². The SMILES string of the molecule is c1cncc(CN2CCOCC3(CCN(Cc4ccoc4)CC3)C2)c1. The number of aromatic nitrogens is 1. The minimum Gasteiger partial charge on any atom is -0.472 e. The zero-order valence-corrected chi connectivity index (χ0v) is 14.8. The number of likely N-dealkylation sites (tertiary alicyclic amines) is 1. The predicted molar refractivity (Wildman–Crippen MR) is 96.0 cm³/mol. The fourth-order valence-corrected chi connectivity index (χ4v) is 4.09. The van der Waals surface area contributed by atoms with Crippen molar-refractivity contribution in [3.8, 4) is 0 Å². The van der Waals surface area contributed by atoms with Crippen LogP contribution in [0.25, 0.3) is 0 Å². The fraction of sp³-hybridized carbons (Fsp3) is 0.550. The van der Waals surface area contributed by atoms with Crippen LogP contribution >= 0.6 is 0 Å². The number of pyridine rings is 1. The van der Waals surface area contributed by atoms with Gasteiger partial charge in [0.05, 0.1) is 25.7 Å². The Morgan fingerprint density at radius 3 is 2.68 bits per heavy atom. The highest BCUT2D eigenvalue weighted by atomic mass is 16.5. The number of hydrogen-bond donors (Lipinski definition) is 0. The highest BCUT2D eigenvalue weighted by Crippen LogP contribution is 2.35. The van der Waals surface area contributed by atoms with Gasteiger partial charge in [-0.25, -0.2) is 0 Å². The molecule has 0 radical (unpaired) electrons. The van der Waals surface area contributed by atoms with Crippen molar-refractivity contribution >= 4 is 0 Å². The lowest BCUT2D eigenvalue weighted by Crippen LogP contribution is -2.46. The van der Waals surface area contributed by atoms with E-state index in [2.05, 4.69) is 26.9 Å². The molecule has 0 unspecified atom stereocenters. The van der Waals surface area contributed by atoms with Crippen LogP contribution in [0.2, 0.25) is 0 Å². The monoisotopic (exact) mass is 341 g/mol. The topological polar surface area (TPSA) is 41.7 Å². The van der Waals surface area contributed by atoms with Crippen LogP contribution in [0.3, 0.4) is 0 Å². The van der Waals surface area contributed by atoms with Gasteiger partial charge in [0.1, 0.15) is 0 Å². The van der Waals surface area contributed by atoms with E-state index in [1.54, 1.807) is 6.26 Å². The Bertz CT molecular complexity index is 636. The number of piperidine rings is 1. The van der Waals surface area contributed by atoms with Crippen LogP contribution in [0, 0.1) is 5.41 Å². The van der Waals surface area contributed by atoms with Crippen LogP contribution in [0.1, 0.15) is 24.0 Å². The third-order valence-corrected chi connectivity index (χ3v) is 5.55. The van der Waals surface area contributed by atoms with Gasteiger partial charge in [-0.1, -0.05) is 6.07 Å². The van der Waals surface area contributed by atoms with E-state index in [1.807, 2.05) is 24.7 Å². The van der Waals surface area contributed by atoms with E-state index >= 15 is 0 Å². The zero-order valence-electron chi connectivity index (χ0n) is 14.8. The maximum atomic E-state index is 6.01. The molecule has 5 nitrogen and oxygen atoms in total. The van der Waals surface area contributed by atoms with Gasteiger partial charge in [-0.3, -0.25) is 14.8 Å². The summed E-state index contributed by atoms with van der Waals surface area (Å²) in [5, 5.41) is 0. The first-order chi connectivity index (χ1) is 12.3. The number of rotatable bonds is 4. The molecule has 5 heteroatoms. The number of ether oxygens (including phenoxy) is 1. The van der Waals surface area contributed by atoms with Gasteiger partial charge in [-0.05, 0) is 43.6 Å². The Morgan fingerprint density at radius 2 is 1.92 bits per heavy atom. The van der Waals surface area contributed by atoms with Crippen LogP contribution in [0.5, 0.6) is 0 Å². The summed E-state index contributed by atoms with van der Waals surface area (Å²) in [6.07, 6.45) is 9.84. The molecule has 2 saturated heterocycles. The molecule has 25 heavy (non-hydrogen) atoms. The van der Waals surface area contributed by atoms with Crippen molar-refractivity contribution in [1.29, 1.82) is 0 Å². The molecule has 2 aliphatic rings. The zero-order chi connectivity index (χ0) is 17.0. The normalized spacial score (nSPS) is 22.1. The quantitative estimate of drug-likeness (QED) is 0.855. The Balaban J connectivity index is 1.36. The van der Waals surface area contributed by atoms with Crippen molar-refractivity contribution in [2.45, 2.75) is 25.9 Å². The van der Waals surface area contributed by atoms with Gasteiger partial charge in [-0.15, -0.1) is 0 Å². The lowest BCUT2D eigenvalue weighted by molar-refractivity contribution is 0.0125. The molecule has 0 atom stereocenters. The number of nitrogens with zero attached hydrogens (tertiary/aromatic N) is 3. The first-order valence-corrected chi connectivity index (χ1v) is 9.24.